The van der Waals surface area contributed by atoms with Crippen molar-refractivity contribution in [2.24, 2.45) is 35.5 Å². The van der Waals surface area contributed by atoms with Crippen molar-refractivity contribution in [3.8, 4) is 0 Å². The van der Waals surface area contributed by atoms with Gasteiger partial charge < -0.3 is 8.85 Å². The van der Waals surface area contributed by atoms with Crippen LogP contribution in [0.2, 0.25) is 0 Å². The van der Waals surface area contributed by atoms with Crippen molar-refractivity contribution in [2.75, 3.05) is 27.3 Å². The van der Waals surface area contributed by atoms with E-state index in [4.69, 9.17) is 8.85 Å². The third-order valence-electron chi connectivity index (χ3n) is 11.6. The van der Waals surface area contributed by atoms with Gasteiger partial charge in [0, 0.05) is 26.3 Å². The van der Waals surface area contributed by atoms with Gasteiger partial charge in [0.15, 0.2) is 0 Å². The molecule has 0 aromatic heterocycles. The van der Waals surface area contributed by atoms with Crippen LogP contribution in [-0.4, -0.2) is 57.4 Å². The van der Waals surface area contributed by atoms with Crippen LogP contribution in [0.1, 0.15) is 103 Å². The Hall–Kier alpha value is 0.0569. The first kappa shape index (κ1) is 23.5. The Morgan fingerprint density at radius 2 is 0.909 bits per heavy atom. The average Bonchev–Trinajstić information content (AvgIpc) is 2.89. The average molecular weight is 475 g/mol. The minimum Gasteiger partial charge on any atom is -0.374 e. The SMILES string of the molecule is CO[Si](OC)(N1CCCC2C3CCCCC3CCC21)N1CCCC2C3CCCCC3CCC21. The van der Waals surface area contributed by atoms with Gasteiger partial charge in [-0.3, -0.25) is 9.13 Å². The first-order valence-electron chi connectivity index (χ1n) is 14.9. The van der Waals surface area contributed by atoms with Crippen LogP contribution in [0.3, 0.4) is 0 Å². The summed E-state index contributed by atoms with van der Waals surface area (Å²) in [6.45, 7) is 2.40. The normalized spacial score (nSPS) is 44.9. The van der Waals surface area contributed by atoms with Gasteiger partial charge >= 0.3 is 8.88 Å². The van der Waals surface area contributed by atoms with E-state index in [1.807, 2.05) is 14.2 Å². The molecule has 0 aromatic carbocycles. The molecular formula is C28H50N2O2Si. The maximum Gasteiger partial charge on any atom is 0.522 e. The molecule has 5 heteroatoms. The Balaban J connectivity index is 1.28. The molecule has 0 radical (unpaired) electrons. The van der Waals surface area contributed by atoms with E-state index in [1.54, 1.807) is 0 Å². The van der Waals surface area contributed by atoms with Crippen LogP contribution in [0.15, 0.2) is 0 Å². The minimum atomic E-state index is -2.60. The molecule has 2 aliphatic heterocycles. The summed E-state index contributed by atoms with van der Waals surface area (Å²) in [4.78, 5) is 0. The van der Waals surface area contributed by atoms with Gasteiger partial charge in [0.25, 0.3) is 0 Å². The van der Waals surface area contributed by atoms with Crippen LogP contribution in [0, 0.1) is 35.5 Å². The van der Waals surface area contributed by atoms with Crippen molar-refractivity contribution in [2.45, 2.75) is 115 Å². The van der Waals surface area contributed by atoms with Gasteiger partial charge in [-0.05, 0) is 113 Å². The van der Waals surface area contributed by atoms with Crippen molar-refractivity contribution in [1.82, 2.24) is 9.13 Å². The summed E-state index contributed by atoms with van der Waals surface area (Å²) in [5.41, 5.74) is 0. The third-order valence-corrected chi connectivity index (χ3v) is 15.2. The first-order chi connectivity index (χ1) is 16.3. The van der Waals surface area contributed by atoms with E-state index in [2.05, 4.69) is 9.13 Å². The van der Waals surface area contributed by atoms with Crippen molar-refractivity contribution >= 4 is 8.88 Å². The smallest absolute Gasteiger partial charge is 0.374 e. The lowest BCUT2D eigenvalue weighted by atomic mass is 9.61. The topological polar surface area (TPSA) is 24.9 Å². The summed E-state index contributed by atoms with van der Waals surface area (Å²) < 4.78 is 19.2. The first-order valence-corrected chi connectivity index (χ1v) is 16.6. The molecule has 8 atom stereocenters. The molecule has 0 spiro atoms. The predicted molar refractivity (Wildman–Crippen MR) is 136 cm³/mol. The molecule has 8 unspecified atom stereocenters. The quantitative estimate of drug-likeness (QED) is 0.461. The van der Waals surface area contributed by atoms with Crippen LogP contribution in [0.25, 0.3) is 0 Å². The number of hydrogen-bond donors (Lipinski definition) is 0. The zero-order chi connectivity index (χ0) is 22.4. The number of nitrogens with zero attached hydrogens (tertiary/aromatic N) is 2. The molecule has 4 saturated carbocycles. The van der Waals surface area contributed by atoms with Gasteiger partial charge in [0.1, 0.15) is 0 Å². The van der Waals surface area contributed by atoms with E-state index in [0.717, 1.165) is 35.5 Å². The summed E-state index contributed by atoms with van der Waals surface area (Å²) in [6.07, 6.45) is 23.2. The fraction of sp³-hybridized carbons (Fsp3) is 1.00. The van der Waals surface area contributed by atoms with Crippen molar-refractivity contribution in [1.29, 1.82) is 0 Å². The van der Waals surface area contributed by atoms with Gasteiger partial charge in [-0.15, -0.1) is 0 Å². The third kappa shape index (κ3) is 3.91. The summed E-state index contributed by atoms with van der Waals surface area (Å²) in [6, 6.07) is 1.41. The van der Waals surface area contributed by atoms with Gasteiger partial charge in [-0.25, -0.2) is 0 Å². The highest BCUT2D eigenvalue weighted by Crippen LogP contribution is 2.52. The molecular weight excluding hydrogens is 424 g/mol. The molecule has 6 rings (SSSR count). The lowest BCUT2D eigenvalue weighted by Gasteiger charge is -2.60. The van der Waals surface area contributed by atoms with Crippen LogP contribution in [-0.2, 0) is 8.85 Å². The molecule has 6 aliphatic rings. The van der Waals surface area contributed by atoms with E-state index >= 15 is 0 Å². The molecule has 0 N–H and O–H groups in total. The Bertz CT molecular complexity index is 620. The van der Waals surface area contributed by atoms with E-state index in [9.17, 15) is 0 Å². The molecule has 0 amide bonds. The molecule has 4 aliphatic carbocycles. The van der Waals surface area contributed by atoms with E-state index in [1.165, 1.54) is 116 Å². The molecule has 2 heterocycles. The molecule has 188 valence electrons. The molecule has 2 saturated heterocycles. The molecule has 4 nitrogen and oxygen atoms in total. The largest absolute Gasteiger partial charge is 0.522 e. The number of piperidine rings is 2. The Morgan fingerprint density at radius 1 is 0.485 bits per heavy atom. The second-order valence-corrected chi connectivity index (χ2v) is 15.7. The van der Waals surface area contributed by atoms with Crippen LogP contribution in [0.5, 0.6) is 0 Å². The summed E-state index contributed by atoms with van der Waals surface area (Å²) >= 11 is 0. The fourth-order valence-electron chi connectivity index (χ4n) is 10.4. The molecule has 0 bridgehead atoms. The standard InChI is InChI=1S/C28H50N2O2Si/c1-31-33(32-2,29-19-7-13-25-23-11-5-3-9-21(23)15-17-27(25)29)30-20-8-14-26-24-12-6-4-10-22(24)16-18-28(26)30/h21-28H,3-20H2,1-2H3. The van der Waals surface area contributed by atoms with E-state index < -0.39 is 8.88 Å². The zero-order valence-electron chi connectivity index (χ0n) is 21.6. The highest BCUT2D eigenvalue weighted by atomic mass is 28.4. The lowest BCUT2D eigenvalue weighted by Crippen LogP contribution is -2.77. The Morgan fingerprint density at radius 3 is 1.36 bits per heavy atom. The summed E-state index contributed by atoms with van der Waals surface area (Å²) in [7, 11) is 1.40. The summed E-state index contributed by atoms with van der Waals surface area (Å²) in [5, 5.41) is 0. The van der Waals surface area contributed by atoms with E-state index in [0.29, 0.717) is 12.1 Å². The van der Waals surface area contributed by atoms with Gasteiger partial charge in [0.05, 0.1) is 0 Å². The number of hydrogen-bond acceptors (Lipinski definition) is 4. The van der Waals surface area contributed by atoms with Crippen molar-refractivity contribution < 1.29 is 8.85 Å². The molecule has 0 aromatic rings. The van der Waals surface area contributed by atoms with Crippen molar-refractivity contribution in [3.05, 3.63) is 0 Å². The zero-order valence-corrected chi connectivity index (χ0v) is 22.6. The second kappa shape index (κ2) is 9.84. The van der Waals surface area contributed by atoms with Gasteiger partial charge in [-0.1, -0.05) is 38.5 Å². The number of fused-ring (bicyclic) bond motifs is 6. The van der Waals surface area contributed by atoms with Gasteiger partial charge in [0.2, 0.25) is 0 Å². The Labute approximate surface area is 204 Å². The maximum absolute atomic E-state index is 6.70. The van der Waals surface area contributed by atoms with Crippen LogP contribution >= 0.6 is 0 Å². The van der Waals surface area contributed by atoms with Gasteiger partial charge in [-0.2, -0.15) is 0 Å². The highest BCUT2D eigenvalue weighted by Gasteiger charge is 2.61. The van der Waals surface area contributed by atoms with Crippen molar-refractivity contribution in [3.63, 3.8) is 0 Å². The predicted octanol–water partition coefficient (Wildman–Crippen LogP) is 6.08. The highest BCUT2D eigenvalue weighted by molar-refractivity contribution is 6.61. The van der Waals surface area contributed by atoms with Crippen LogP contribution in [0.4, 0.5) is 0 Å². The fourth-order valence-corrected chi connectivity index (χ4v) is 14.2. The minimum absolute atomic E-state index is 0.705. The summed E-state index contributed by atoms with van der Waals surface area (Å²) in [5.74, 6) is 5.78. The number of rotatable bonds is 4. The molecule has 6 fully saturated rings. The lowest BCUT2D eigenvalue weighted by molar-refractivity contribution is -0.0544. The molecule has 33 heavy (non-hydrogen) atoms. The second-order valence-electron chi connectivity index (χ2n) is 12.7. The van der Waals surface area contributed by atoms with E-state index in [-0.39, 0.29) is 0 Å². The Kier molecular flexibility index (Phi) is 6.99. The van der Waals surface area contributed by atoms with Crippen LogP contribution < -0.4 is 0 Å². The monoisotopic (exact) mass is 474 g/mol. The maximum atomic E-state index is 6.70.